The molecule has 4 nitrogen and oxygen atoms in total. The molecule has 1 aliphatic heterocycles. The number of anilines is 1. The number of urea groups is 1. The SMILES string of the molecule is CCOc1ccc(NC(=O)N2CC[C@H]3CCCC[C@H]3C2)cc1. The Morgan fingerprint density at radius 3 is 2.64 bits per heavy atom. The number of carbonyl (C=O) groups excluding carboxylic acids is 1. The Kier molecular flexibility index (Phi) is 4.86. The van der Waals surface area contributed by atoms with Crippen molar-refractivity contribution in [2.24, 2.45) is 11.8 Å². The summed E-state index contributed by atoms with van der Waals surface area (Å²) in [5.41, 5.74) is 0.833. The van der Waals surface area contributed by atoms with E-state index in [1.165, 1.54) is 32.1 Å². The number of amides is 2. The van der Waals surface area contributed by atoms with Crippen molar-refractivity contribution in [2.45, 2.75) is 39.0 Å². The van der Waals surface area contributed by atoms with E-state index in [4.69, 9.17) is 4.74 Å². The van der Waals surface area contributed by atoms with Crippen LogP contribution < -0.4 is 10.1 Å². The minimum atomic E-state index is 0.0354. The number of carbonyl (C=O) groups is 1. The van der Waals surface area contributed by atoms with Gasteiger partial charge >= 0.3 is 6.03 Å². The minimum absolute atomic E-state index is 0.0354. The summed E-state index contributed by atoms with van der Waals surface area (Å²) in [7, 11) is 0. The number of nitrogens with zero attached hydrogens (tertiary/aromatic N) is 1. The van der Waals surface area contributed by atoms with Crippen molar-refractivity contribution in [3.63, 3.8) is 0 Å². The van der Waals surface area contributed by atoms with Crippen LogP contribution in [0.1, 0.15) is 39.0 Å². The van der Waals surface area contributed by atoms with Crippen LogP contribution in [-0.2, 0) is 0 Å². The summed E-state index contributed by atoms with van der Waals surface area (Å²) in [5.74, 6) is 2.40. The van der Waals surface area contributed by atoms with Gasteiger partial charge in [-0.1, -0.05) is 19.3 Å². The van der Waals surface area contributed by atoms with Crippen LogP contribution in [0.25, 0.3) is 0 Å². The Bertz CT molecular complexity index is 500. The largest absolute Gasteiger partial charge is 0.494 e. The molecule has 1 N–H and O–H groups in total. The number of rotatable bonds is 3. The molecule has 1 aromatic rings. The molecule has 1 heterocycles. The van der Waals surface area contributed by atoms with Crippen LogP contribution in [0.3, 0.4) is 0 Å². The Hall–Kier alpha value is -1.71. The minimum Gasteiger partial charge on any atom is -0.494 e. The van der Waals surface area contributed by atoms with Crippen LogP contribution in [0.5, 0.6) is 5.75 Å². The molecule has 4 heteroatoms. The maximum absolute atomic E-state index is 12.4. The van der Waals surface area contributed by atoms with Crippen molar-refractivity contribution in [1.82, 2.24) is 4.90 Å². The van der Waals surface area contributed by atoms with Crippen molar-refractivity contribution in [3.05, 3.63) is 24.3 Å². The normalized spacial score (nSPS) is 24.5. The molecular weight excluding hydrogens is 276 g/mol. The summed E-state index contributed by atoms with van der Waals surface area (Å²) in [4.78, 5) is 14.4. The summed E-state index contributed by atoms with van der Waals surface area (Å²) in [5, 5.41) is 3.01. The highest BCUT2D eigenvalue weighted by Crippen LogP contribution is 2.36. The van der Waals surface area contributed by atoms with E-state index in [9.17, 15) is 4.79 Å². The fourth-order valence-corrected chi connectivity index (χ4v) is 3.79. The number of nitrogens with one attached hydrogen (secondary N) is 1. The lowest BCUT2D eigenvalue weighted by Crippen LogP contribution is -2.46. The zero-order chi connectivity index (χ0) is 15.4. The van der Waals surface area contributed by atoms with Gasteiger partial charge in [0.05, 0.1) is 6.61 Å². The third-order valence-electron chi connectivity index (χ3n) is 5.00. The summed E-state index contributed by atoms with van der Waals surface area (Å²) in [6.45, 7) is 4.43. The van der Waals surface area contributed by atoms with Gasteiger partial charge in [-0.2, -0.15) is 0 Å². The second kappa shape index (κ2) is 7.03. The van der Waals surface area contributed by atoms with E-state index in [1.807, 2.05) is 36.1 Å². The average molecular weight is 302 g/mol. The van der Waals surface area contributed by atoms with E-state index in [1.54, 1.807) is 0 Å². The van der Waals surface area contributed by atoms with Crippen LogP contribution in [-0.4, -0.2) is 30.6 Å². The molecule has 3 rings (SSSR count). The predicted octanol–water partition coefficient (Wildman–Crippen LogP) is 4.13. The maximum Gasteiger partial charge on any atom is 0.321 e. The summed E-state index contributed by atoms with van der Waals surface area (Å²) < 4.78 is 5.42. The lowest BCUT2D eigenvalue weighted by molar-refractivity contribution is 0.108. The Labute approximate surface area is 132 Å². The van der Waals surface area contributed by atoms with Gasteiger partial charge in [0.25, 0.3) is 0 Å². The molecule has 0 aromatic heterocycles. The van der Waals surface area contributed by atoms with Crippen molar-refractivity contribution < 1.29 is 9.53 Å². The molecule has 120 valence electrons. The molecular formula is C18H26N2O2. The van der Waals surface area contributed by atoms with Gasteiger partial charge in [0.1, 0.15) is 5.75 Å². The summed E-state index contributed by atoms with van der Waals surface area (Å²) in [6, 6.07) is 7.62. The third kappa shape index (κ3) is 3.54. The number of benzene rings is 1. The van der Waals surface area contributed by atoms with E-state index in [0.717, 1.165) is 30.4 Å². The topological polar surface area (TPSA) is 41.6 Å². The van der Waals surface area contributed by atoms with Gasteiger partial charge in [0.2, 0.25) is 0 Å². The lowest BCUT2D eigenvalue weighted by atomic mass is 9.75. The maximum atomic E-state index is 12.4. The lowest BCUT2D eigenvalue weighted by Gasteiger charge is -2.41. The average Bonchev–Trinajstić information content (AvgIpc) is 2.56. The van der Waals surface area contributed by atoms with E-state index in [0.29, 0.717) is 12.5 Å². The number of likely N-dealkylation sites (tertiary alicyclic amines) is 1. The van der Waals surface area contributed by atoms with Gasteiger partial charge in [-0.15, -0.1) is 0 Å². The monoisotopic (exact) mass is 302 g/mol. The first-order chi connectivity index (χ1) is 10.8. The fourth-order valence-electron chi connectivity index (χ4n) is 3.79. The first-order valence-electron chi connectivity index (χ1n) is 8.55. The summed E-state index contributed by atoms with van der Waals surface area (Å²) >= 11 is 0. The molecule has 0 unspecified atom stereocenters. The molecule has 0 spiro atoms. The van der Waals surface area contributed by atoms with Crippen LogP contribution in [0.2, 0.25) is 0 Å². The van der Waals surface area contributed by atoms with Gasteiger partial charge in [-0.25, -0.2) is 4.79 Å². The number of hydrogen-bond acceptors (Lipinski definition) is 2. The van der Waals surface area contributed by atoms with Crippen LogP contribution in [0, 0.1) is 11.8 Å². The Morgan fingerprint density at radius 1 is 1.18 bits per heavy atom. The highest BCUT2D eigenvalue weighted by Gasteiger charge is 2.32. The Balaban J connectivity index is 1.55. The molecule has 22 heavy (non-hydrogen) atoms. The molecule has 1 saturated heterocycles. The number of fused-ring (bicyclic) bond motifs is 1. The van der Waals surface area contributed by atoms with E-state index >= 15 is 0 Å². The van der Waals surface area contributed by atoms with Crippen LogP contribution >= 0.6 is 0 Å². The Morgan fingerprint density at radius 2 is 1.91 bits per heavy atom. The van der Waals surface area contributed by atoms with E-state index in [-0.39, 0.29) is 6.03 Å². The van der Waals surface area contributed by atoms with Gasteiger partial charge in [0.15, 0.2) is 0 Å². The molecule has 2 fully saturated rings. The van der Waals surface area contributed by atoms with Crippen molar-refractivity contribution in [3.8, 4) is 5.75 Å². The fraction of sp³-hybridized carbons (Fsp3) is 0.611. The van der Waals surface area contributed by atoms with Crippen molar-refractivity contribution in [1.29, 1.82) is 0 Å². The van der Waals surface area contributed by atoms with Crippen LogP contribution in [0.15, 0.2) is 24.3 Å². The van der Waals surface area contributed by atoms with E-state index < -0.39 is 0 Å². The summed E-state index contributed by atoms with van der Waals surface area (Å²) in [6.07, 6.45) is 6.52. The quantitative estimate of drug-likeness (QED) is 0.912. The van der Waals surface area contributed by atoms with E-state index in [2.05, 4.69) is 5.32 Å². The second-order valence-electron chi connectivity index (χ2n) is 6.43. The predicted molar refractivity (Wildman–Crippen MR) is 88.3 cm³/mol. The number of hydrogen-bond donors (Lipinski definition) is 1. The van der Waals surface area contributed by atoms with Crippen molar-refractivity contribution >= 4 is 11.7 Å². The zero-order valence-electron chi connectivity index (χ0n) is 13.4. The molecule has 2 amide bonds. The highest BCUT2D eigenvalue weighted by atomic mass is 16.5. The number of piperidine rings is 1. The molecule has 2 aliphatic rings. The standard InChI is InChI=1S/C18H26N2O2/c1-2-22-17-9-7-16(8-10-17)19-18(21)20-12-11-14-5-3-4-6-15(14)13-20/h7-10,14-15H,2-6,11-13H2,1H3,(H,19,21)/t14-,15+/m1/s1. The van der Waals surface area contributed by atoms with Gasteiger partial charge in [-0.05, 0) is 55.9 Å². The van der Waals surface area contributed by atoms with Gasteiger partial charge < -0.3 is 15.0 Å². The molecule has 0 radical (unpaired) electrons. The first kappa shape index (κ1) is 15.2. The van der Waals surface area contributed by atoms with Gasteiger partial charge in [0, 0.05) is 18.8 Å². The molecule has 0 bridgehead atoms. The number of ether oxygens (including phenoxy) is 1. The third-order valence-corrected chi connectivity index (χ3v) is 5.00. The van der Waals surface area contributed by atoms with Gasteiger partial charge in [-0.3, -0.25) is 0 Å². The second-order valence-corrected chi connectivity index (χ2v) is 6.43. The molecule has 1 aliphatic carbocycles. The van der Waals surface area contributed by atoms with Crippen molar-refractivity contribution in [2.75, 3.05) is 25.0 Å². The highest BCUT2D eigenvalue weighted by molar-refractivity contribution is 5.89. The molecule has 2 atom stereocenters. The molecule has 1 saturated carbocycles. The first-order valence-corrected chi connectivity index (χ1v) is 8.55. The smallest absolute Gasteiger partial charge is 0.321 e. The van der Waals surface area contributed by atoms with Crippen LogP contribution in [0.4, 0.5) is 10.5 Å². The zero-order valence-corrected chi connectivity index (χ0v) is 13.4. The molecule has 1 aromatic carbocycles.